The summed E-state index contributed by atoms with van der Waals surface area (Å²) in [4.78, 5) is 12.0. The molecule has 5 nitrogen and oxygen atoms in total. The molecule has 1 heterocycles. The third kappa shape index (κ3) is 4.86. The Bertz CT molecular complexity index is 625. The Balaban J connectivity index is 1.87. The molecule has 1 amide bonds. The standard InChI is InChI=1S/C16H19ClN2O3/c1-11(2)21-8-4-7-18-16(20)14-10-15(22-19-14)12-5-3-6-13(17)9-12/h3,5-6,9-11H,4,7-8H2,1-2H3,(H,18,20). The molecule has 0 unspecified atom stereocenters. The minimum atomic E-state index is -0.262. The summed E-state index contributed by atoms with van der Waals surface area (Å²) in [6, 6.07) is 8.79. The average molecular weight is 323 g/mol. The maximum absolute atomic E-state index is 12.0. The second-order valence-electron chi connectivity index (χ2n) is 5.12. The van der Waals surface area contributed by atoms with Crippen LogP contribution in [0.4, 0.5) is 0 Å². The number of benzene rings is 1. The zero-order chi connectivity index (χ0) is 15.9. The van der Waals surface area contributed by atoms with Gasteiger partial charge >= 0.3 is 0 Å². The number of halogens is 1. The Labute approximate surface area is 134 Å². The fraction of sp³-hybridized carbons (Fsp3) is 0.375. The lowest BCUT2D eigenvalue weighted by atomic mass is 10.1. The number of amides is 1. The first kappa shape index (κ1) is 16.5. The maximum Gasteiger partial charge on any atom is 0.273 e. The van der Waals surface area contributed by atoms with Gasteiger partial charge in [-0.2, -0.15) is 0 Å². The van der Waals surface area contributed by atoms with Gasteiger partial charge in [-0.15, -0.1) is 0 Å². The number of nitrogens with zero attached hydrogens (tertiary/aromatic N) is 1. The molecule has 118 valence electrons. The number of rotatable bonds is 7. The Morgan fingerprint density at radius 2 is 2.23 bits per heavy atom. The first-order valence-electron chi connectivity index (χ1n) is 7.18. The number of carbonyl (C=O) groups is 1. The van der Waals surface area contributed by atoms with Crippen molar-refractivity contribution in [1.82, 2.24) is 10.5 Å². The van der Waals surface area contributed by atoms with Gasteiger partial charge in [-0.05, 0) is 32.4 Å². The summed E-state index contributed by atoms with van der Waals surface area (Å²) in [6.07, 6.45) is 0.953. The van der Waals surface area contributed by atoms with E-state index in [-0.39, 0.29) is 17.7 Å². The van der Waals surface area contributed by atoms with Crippen LogP contribution in [0.3, 0.4) is 0 Å². The maximum atomic E-state index is 12.0. The number of ether oxygens (including phenoxy) is 1. The summed E-state index contributed by atoms with van der Waals surface area (Å²) in [6.45, 7) is 5.10. The fourth-order valence-corrected chi connectivity index (χ4v) is 2.03. The van der Waals surface area contributed by atoms with Gasteiger partial charge in [-0.3, -0.25) is 4.79 Å². The van der Waals surface area contributed by atoms with E-state index < -0.39 is 0 Å². The lowest BCUT2D eigenvalue weighted by Crippen LogP contribution is -2.25. The van der Waals surface area contributed by atoms with Gasteiger partial charge in [-0.1, -0.05) is 28.9 Å². The van der Waals surface area contributed by atoms with Crippen molar-refractivity contribution in [2.45, 2.75) is 26.4 Å². The molecule has 1 aromatic heterocycles. The van der Waals surface area contributed by atoms with E-state index in [0.717, 1.165) is 12.0 Å². The lowest BCUT2D eigenvalue weighted by molar-refractivity contribution is 0.0756. The van der Waals surface area contributed by atoms with Gasteiger partial charge < -0.3 is 14.6 Å². The average Bonchev–Trinajstić information content (AvgIpc) is 2.96. The molecular formula is C16H19ClN2O3. The molecule has 0 saturated carbocycles. The SMILES string of the molecule is CC(C)OCCCNC(=O)c1cc(-c2cccc(Cl)c2)on1. The van der Waals surface area contributed by atoms with Gasteiger partial charge in [0.2, 0.25) is 0 Å². The van der Waals surface area contributed by atoms with Crippen molar-refractivity contribution in [1.29, 1.82) is 0 Å². The van der Waals surface area contributed by atoms with Crippen LogP contribution in [0.25, 0.3) is 11.3 Å². The monoisotopic (exact) mass is 322 g/mol. The van der Waals surface area contributed by atoms with Crippen molar-refractivity contribution in [3.05, 3.63) is 41.0 Å². The minimum absolute atomic E-state index is 0.200. The predicted molar refractivity (Wildman–Crippen MR) is 85.0 cm³/mol. The predicted octanol–water partition coefficient (Wildman–Crippen LogP) is 3.54. The van der Waals surface area contributed by atoms with E-state index in [4.69, 9.17) is 20.9 Å². The van der Waals surface area contributed by atoms with Crippen LogP contribution in [0, 0.1) is 0 Å². The van der Waals surface area contributed by atoms with E-state index in [1.165, 1.54) is 0 Å². The summed E-state index contributed by atoms with van der Waals surface area (Å²) in [5.41, 5.74) is 1.03. The first-order valence-corrected chi connectivity index (χ1v) is 7.56. The van der Waals surface area contributed by atoms with E-state index in [1.54, 1.807) is 18.2 Å². The highest BCUT2D eigenvalue weighted by molar-refractivity contribution is 6.30. The highest BCUT2D eigenvalue weighted by Gasteiger charge is 2.13. The molecule has 0 saturated heterocycles. The van der Waals surface area contributed by atoms with Gasteiger partial charge in [0.05, 0.1) is 6.10 Å². The van der Waals surface area contributed by atoms with Crippen molar-refractivity contribution >= 4 is 17.5 Å². The zero-order valence-electron chi connectivity index (χ0n) is 12.6. The van der Waals surface area contributed by atoms with E-state index in [2.05, 4.69) is 10.5 Å². The van der Waals surface area contributed by atoms with Gasteiger partial charge in [-0.25, -0.2) is 0 Å². The number of carbonyl (C=O) groups excluding carboxylic acids is 1. The summed E-state index contributed by atoms with van der Waals surface area (Å²) in [5, 5.41) is 7.17. The largest absolute Gasteiger partial charge is 0.379 e. The highest BCUT2D eigenvalue weighted by Crippen LogP contribution is 2.23. The molecule has 0 radical (unpaired) electrons. The molecule has 0 aliphatic rings. The summed E-state index contributed by atoms with van der Waals surface area (Å²) in [5.74, 6) is 0.248. The van der Waals surface area contributed by atoms with E-state index in [1.807, 2.05) is 26.0 Å². The number of nitrogens with one attached hydrogen (secondary N) is 1. The van der Waals surface area contributed by atoms with Crippen molar-refractivity contribution in [2.75, 3.05) is 13.2 Å². The number of hydrogen-bond acceptors (Lipinski definition) is 4. The minimum Gasteiger partial charge on any atom is -0.379 e. The van der Waals surface area contributed by atoms with Gasteiger partial charge in [0, 0.05) is 29.8 Å². The summed E-state index contributed by atoms with van der Waals surface area (Å²) >= 11 is 5.93. The van der Waals surface area contributed by atoms with Crippen LogP contribution in [-0.2, 0) is 4.74 Å². The summed E-state index contributed by atoms with van der Waals surface area (Å²) in [7, 11) is 0. The smallest absolute Gasteiger partial charge is 0.273 e. The van der Waals surface area contributed by atoms with Crippen molar-refractivity contribution in [2.24, 2.45) is 0 Å². The molecule has 2 rings (SSSR count). The van der Waals surface area contributed by atoms with Gasteiger partial charge in [0.15, 0.2) is 11.5 Å². The van der Waals surface area contributed by atoms with E-state index >= 15 is 0 Å². The molecule has 0 bridgehead atoms. The van der Waals surface area contributed by atoms with Crippen molar-refractivity contribution in [3.8, 4) is 11.3 Å². The molecule has 22 heavy (non-hydrogen) atoms. The zero-order valence-corrected chi connectivity index (χ0v) is 13.4. The Hall–Kier alpha value is -1.85. The molecule has 0 aliphatic heterocycles. The van der Waals surface area contributed by atoms with Crippen LogP contribution in [0.5, 0.6) is 0 Å². The van der Waals surface area contributed by atoms with E-state index in [9.17, 15) is 4.79 Å². The second kappa shape index (κ2) is 7.96. The van der Waals surface area contributed by atoms with Crippen LogP contribution in [0.1, 0.15) is 30.8 Å². The molecule has 1 aromatic carbocycles. The molecule has 6 heteroatoms. The third-order valence-electron chi connectivity index (χ3n) is 2.91. The van der Waals surface area contributed by atoms with Gasteiger partial charge in [0.1, 0.15) is 0 Å². The molecule has 2 aromatic rings. The molecule has 0 fully saturated rings. The normalized spacial score (nSPS) is 10.9. The highest BCUT2D eigenvalue weighted by atomic mass is 35.5. The molecule has 0 spiro atoms. The van der Waals surface area contributed by atoms with Gasteiger partial charge in [0.25, 0.3) is 5.91 Å². The Kier molecular flexibility index (Phi) is 5.98. The Morgan fingerprint density at radius 3 is 2.95 bits per heavy atom. The molecule has 1 N–H and O–H groups in total. The van der Waals surface area contributed by atoms with Crippen LogP contribution >= 0.6 is 11.6 Å². The lowest BCUT2D eigenvalue weighted by Gasteiger charge is -2.07. The molecule has 0 atom stereocenters. The topological polar surface area (TPSA) is 64.4 Å². The third-order valence-corrected chi connectivity index (χ3v) is 3.14. The second-order valence-corrected chi connectivity index (χ2v) is 5.55. The number of aromatic nitrogens is 1. The van der Waals surface area contributed by atoms with E-state index in [0.29, 0.717) is 23.9 Å². The molecular weight excluding hydrogens is 304 g/mol. The molecule has 0 aliphatic carbocycles. The van der Waals surface area contributed by atoms with Crippen molar-refractivity contribution < 1.29 is 14.1 Å². The summed E-state index contributed by atoms with van der Waals surface area (Å²) < 4.78 is 10.6. The fourth-order valence-electron chi connectivity index (χ4n) is 1.84. The van der Waals surface area contributed by atoms with Crippen LogP contribution < -0.4 is 5.32 Å². The Morgan fingerprint density at radius 1 is 1.41 bits per heavy atom. The van der Waals surface area contributed by atoms with Crippen LogP contribution in [0.15, 0.2) is 34.9 Å². The quantitative estimate of drug-likeness (QED) is 0.792. The van der Waals surface area contributed by atoms with Crippen LogP contribution in [0.2, 0.25) is 5.02 Å². The van der Waals surface area contributed by atoms with Crippen molar-refractivity contribution in [3.63, 3.8) is 0 Å². The van der Waals surface area contributed by atoms with Crippen LogP contribution in [-0.4, -0.2) is 30.3 Å². The first-order chi connectivity index (χ1) is 10.6. The number of hydrogen-bond donors (Lipinski definition) is 1.